The Balaban J connectivity index is 2.12. The fourth-order valence-electron chi connectivity index (χ4n) is 1.73. The lowest BCUT2D eigenvalue weighted by Gasteiger charge is -2.18. The van der Waals surface area contributed by atoms with E-state index in [0.29, 0.717) is 17.9 Å². The van der Waals surface area contributed by atoms with Crippen LogP contribution in [0.15, 0.2) is 36.5 Å². The van der Waals surface area contributed by atoms with Crippen LogP contribution in [-0.2, 0) is 6.54 Å². The second kappa shape index (κ2) is 5.64. The Bertz CT molecular complexity index is 630. The van der Waals surface area contributed by atoms with Crippen LogP contribution in [0.3, 0.4) is 0 Å². The number of pyridine rings is 1. The van der Waals surface area contributed by atoms with Crippen molar-refractivity contribution in [3.05, 3.63) is 59.3 Å². The number of carbonyl (C=O) groups is 1. The van der Waals surface area contributed by atoms with Crippen molar-refractivity contribution in [3.63, 3.8) is 0 Å². The van der Waals surface area contributed by atoms with E-state index in [1.807, 2.05) is 0 Å². The van der Waals surface area contributed by atoms with E-state index in [4.69, 9.17) is 5.11 Å². The predicted octanol–water partition coefficient (Wildman–Crippen LogP) is 2.69. The SMILES string of the molecule is CN(Cc1ccc(F)c(F)c1)c1ccc(C(=O)O)cn1. The molecule has 2 rings (SSSR count). The number of hydrogen-bond acceptors (Lipinski definition) is 3. The molecule has 0 amide bonds. The zero-order valence-corrected chi connectivity index (χ0v) is 10.7. The molecule has 4 nitrogen and oxygen atoms in total. The Morgan fingerprint density at radius 1 is 1.25 bits per heavy atom. The average Bonchev–Trinajstić information content (AvgIpc) is 2.43. The topological polar surface area (TPSA) is 53.4 Å². The van der Waals surface area contributed by atoms with Crippen LogP contribution in [0.1, 0.15) is 15.9 Å². The molecule has 0 bridgehead atoms. The number of hydrogen-bond donors (Lipinski definition) is 1. The highest BCUT2D eigenvalue weighted by molar-refractivity contribution is 5.87. The first kappa shape index (κ1) is 13.9. The summed E-state index contributed by atoms with van der Waals surface area (Å²) in [5.74, 6) is -2.29. The molecule has 1 N–H and O–H groups in total. The van der Waals surface area contributed by atoms with Gasteiger partial charge in [-0.25, -0.2) is 18.6 Å². The van der Waals surface area contributed by atoms with Crippen LogP contribution in [0.4, 0.5) is 14.6 Å². The standard InChI is InChI=1S/C14H12F2N2O2/c1-18(8-9-2-4-11(15)12(16)6-9)13-5-3-10(7-17-13)14(19)20/h2-7H,8H2,1H3,(H,19,20). The van der Waals surface area contributed by atoms with Gasteiger partial charge in [0.25, 0.3) is 0 Å². The van der Waals surface area contributed by atoms with Crippen molar-refractivity contribution in [1.29, 1.82) is 0 Å². The van der Waals surface area contributed by atoms with E-state index in [-0.39, 0.29) is 5.56 Å². The minimum Gasteiger partial charge on any atom is -0.478 e. The maximum atomic E-state index is 13.1. The molecule has 0 radical (unpaired) electrons. The third-order valence-corrected chi connectivity index (χ3v) is 2.79. The Morgan fingerprint density at radius 2 is 2.00 bits per heavy atom. The van der Waals surface area contributed by atoms with Gasteiger partial charge in [0.05, 0.1) is 5.56 Å². The van der Waals surface area contributed by atoms with Crippen LogP contribution >= 0.6 is 0 Å². The second-order valence-electron chi connectivity index (χ2n) is 4.31. The molecule has 0 saturated carbocycles. The fourth-order valence-corrected chi connectivity index (χ4v) is 1.73. The van der Waals surface area contributed by atoms with E-state index < -0.39 is 17.6 Å². The predicted molar refractivity (Wildman–Crippen MR) is 69.7 cm³/mol. The summed E-state index contributed by atoms with van der Waals surface area (Å²) in [5.41, 5.74) is 0.686. The van der Waals surface area contributed by atoms with Crippen LogP contribution in [0.25, 0.3) is 0 Å². The van der Waals surface area contributed by atoms with E-state index in [9.17, 15) is 13.6 Å². The van der Waals surface area contributed by atoms with Crippen molar-refractivity contribution in [2.45, 2.75) is 6.54 Å². The van der Waals surface area contributed by atoms with Crippen molar-refractivity contribution >= 4 is 11.8 Å². The molecule has 2 aromatic rings. The first-order valence-corrected chi connectivity index (χ1v) is 5.82. The molecule has 20 heavy (non-hydrogen) atoms. The third kappa shape index (κ3) is 3.09. The van der Waals surface area contributed by atoms with Crippen molar-refractivity contribution < 1.29 is 18.7 Å². The first-order chi connectivity index (χ1) is 9.47. The lowest BCUT2D eigenvalue weighted by Crippen LogP contribution is -2.18. The van der Waals surface area contributed by atoms with Crippen LogP contribution in [0, 0.1) is 11.6 Å². The summed E-state index contributed by atoms with van der Waals surface area (Å²) in [6.07, 6.45) is 1.25. The maximum Gasteiger partial charge on any atom is 0.337 e. The summed E-state index contributed by atoms with van der Waals surface area (Å²) >= 11 is 0. The molecular formula is C14H12F2N2O2. The summed E-state index contributed by atoms with van der Waals surface area (Å²) in [7, 11) is 1.73. The summed E-state index contributed by atoms with van der Waals surface area (Å²) in [6.45, 7) is 0.330. The molecule has 0 saturated heterocycles. The second-order valence-corrected chi connectivity index (χ2v) is 4.31. The van der Waals surface area contributed by atoms with Gasteiger partial charge in [0.1, 0.15) is 5.82 Å². The number of benzene rings is 1. The summed E-state index contributed by atoms with van der Waals surface area (Å²) in [6, 6.07) is 6.67. The molecular weight excluding hydrogens is 266 g/mol. The third-order valence-electron chi connectivity index (χ3n) is 2.79. The van der Waals surface area contributed by atoms with E-state index in [0.717, 1.165) is 12.1 Å². The molecule has 0 unspecified atom stereocenters. The molecule has 6 heteroatoms. The molecule has 0 aliphatic heterocycles. The van der Waals surface area contributed by atoms with Crippen LogP contribution in [-0.4, -0.2) is 23.1 Å². The quantitative estimate of drug-likeness (QED) is 0.934. The number of halogens is 2. The van der Waals surface area contributed by atoms with Gasteiger partial charge in [-0.2, -0.15) is 0 Å². The minimum atomic E-state index is -1.05. The highest BCUT2D eigenvalue weighted by atomic mass is 19.2. The van der Waals surface area contributed by atoms with E-state index >= 15 is 0 Å². The van der Waals surface area contributed by atoms with Crippen molar-refractivity contribution in [2.24, 2.45) is 0 Å². The van der Waals surface area contributed by atoms with Crippen LogP contribution < -0.4 is 4.90 Å². The number of aromatic carboxylic acids is 1. The van der Waals surface area contributed by atoms with E-state index in [1.54, 1.807) is 18.0 Å². The molecule has 1 aromatic carbocycles. The average molecular weight is 278 g/mol. The van der Waals surface area contributed by atoms with E-state index in [2.05, 4.69) is 4.98 Å². The highest BCUT2D eigenvalue weighted by Crippen LogP contribution is 2.15. The van der Waals surface area contributed by atoms with E-state index in [1.165, 1.54) is 18.3 Å². The Morgan fingerprint density at radius 3 is 2.55 bits per heavy atom. The molecule has 104 valence electrons. The van der Waals surface area contributed by atoms with Gasteiger partial charge in [-0.3, -0.25) is 0 Å². The largest absolute Gasteiger partial charge is 0.478 e. The van der Waals surface area contributed by atoms with Gasteiger partial charge in [0.2, 0.25) is 0 Å². The molecule has 0 spiro atoms. The van der Waals surface area contributed by atoms with Crippen molar-refractivity contribution in [1.82, 2.24) is 4.98 Å². The molecule has 1 heterocycles. The zero-order chi connectivity index (χ0) is 14.7. The molecule has 0 atom stereocenters. The number of rotatable bonds is 4. The number of anilines is 1. The first-order valence-electron chi connectivity index (χ1n) is 5.82. The minimum absolute atomic E-state index is 0.0926. The van der Waals surface area contributed by atoms with Crippen LogP contribution in [0.5, 0.6) is 0 Å². The van der Waals surface area contributed by atoms with Gasteiger partial charge in [-0.05, 0) is 29.8 Å². The number of nitrogens with zero attached hydrogens (tertiary/aromatic N) is 2. The van der Waals surface area contributed by atoms with Crippen molar-refractivity contribution in [3.8, 4) is 0 Å². The normalized spacial score (nSPS) is 10.3. The van der Waals surface area contributed by atoms with Gasteiger partial charge in [0, 0.05) is 19.8 Å². The molecule has 1 aromatic heterocycles. The highest BCUT2D eigenvalue weighted by Gasteiger charge is 2.08. The number of aromatic nitrogens is 1. The van der Waals surface area contributed by atoms with Gasteiger partial charge in [-0.1, -0.05) is 6.07 Å². The monoisotopic (exact) mass is 278 g/mol. The zero-order valence-electron chi connectivity index (χ0n) is 10.7. The van der Waals surface area contributed by atoms with Crippen molar-refractivity contribution in [2.75, 3.05) is 11.9 Å². The lowest BCUT2D eigenvalue weighted by atomic mass is 10.2. The maximum absolute atomic E-state index is 13.1. The van der Waals surface area contributed by atoms with Gasteiger partial charge in [-0.15, -0.1) is 0 Å². The Labute approximate surface area is 114 Å². The van der Waals surface area contributed by atoms with Gasteiger partial charge < -0.3 is 10.0 Å². The Kier molecular flexibility index (Phi) is 3.93. The Hall–Kier alpha value is -2.50. The molecule has 0 aliphatic carbocycles. The number of carboxylic acid groups (broad SMARTS) is 1. The molecule has 0 aliphatic rings. The summed E-state index contributed by atoms with van der Waals surface area (Å²) in [5, 5.41) is 8.78. The number of carboxylic acids is 1. The van der Waals surface area contributed by atoms with Gasteiger partial charge in [0.15, 0.2) is 11.6 Å². The lowest BCUT2D eigenvalue weighted by molar-refractivity contribution is 0.0696. The van der Waals surface area contributed by atoms with Crippen LogP contribution in [0.2, 0.25) is 0 Å². The summed E-state index contributed by atoms with van der Waals surface area (Å²) < 4.78 is 25.9. The summed E-state index contributed by atoms with van der Waals surface area (Å²) in [4.78, 5) is 16.4. The van der Waals surface area contributed by atoms with Gasteiger partial charge >= 0.3 is 5.97 Å². The molecule has 0 fully saturated rings. The fraction of sp³-hybridized carbons (Fsp3) is 0.143. The smallest absolute Gasteiger partial charge is 0.337 e.